The van der Waals surface area contributed by atoms with Gasteiger partial charge in [-0.15, -0.1) is 5.10 Å². The maximum absolute atomic E-state index is 12.8. The molecule has 0 spiro atoms. The fraction of sp³-hybridized carbons (Fsp3) is 0.429. The molecule has 0 N–H and O–H groups in total. The number of tetrazole rings is 1. The van der Waals surface area contributed by atoms with Crippen LogP contribution in [0, 0.1) is 19.8 Å². The fourth-order valence-corrected chi connectivity index (χ4v) is 3.94. The van der Waals surface area contributed by atoms with Crippen LogP contribution in [0.25, 0.3) is 0 Å². The zero-order valence-corrected chi connectivity index (χ0v) is 17.7. The Kier molecular flexibility index (Phi) is 6.67. The van der Waals surface area contributed by atoms with E-state index in [0.717, 1.165) is 35.5 Å². The van der Waals surface area contributed by atoms with Crippen molar-refractivity contribution >= 4 is 17.5 Å². The van der Waals surface area contributed by atoms with E-state index in [1.165, 1.54) is 11.8 Å². The number of hydrogen-bond donors (Lipinski definition) is 0. The second kappa shape index (κ2) is 9.19. The van der Waals surface area contributed by atoms with E-state index in [-0.39, 0.29) is 5.78 Å². The third kappa shape index (κ3) is 4.90. The minimum atomic E-state index is 0.114. The molecule has 0 aliphatic rings. The summed E-state index contributed by atoms with van der Waals surface area (Å²) < 4.78 is 3.98. The molecule has 0 fully saturated rings. The molecule has 2 aromatic heterocycles. The normalized spacial score (nSPS) is 11.3. The molecule has 7 heteroatoms. The van der Waals surface area contributed by atoms with E-state index >= 15 is 0 Å². The molecular weight excluding hydrogens is 370 g/mol. The van der Waals surface area contributed by atoms with Crippen LogP contribution in [0.15, 0.2) is 41.6 Å². The first-order valence-corrected chi connectivity index (χ1v) is 10.6. The number of carbonyl (C=O) groups excluding carboxylic acids is 1. The van der Waals surface area contributed by atoms with Gasteiger partial charge < -0.3 is 4.57 Å². The van der Waals surface area contributed by atoms with Crippen molar-refractivity contribution in [3.8, 4) is 0 Å². The van der Waals surface area contributed by atoms with Crippen LogP contribution in [0.3, 0.4) is 0 Å². The van der Waals surface area contributed by atoms with Crippen LogP contribution in [0.1, 0.15) is 47.6 Å². The highest BCUT2D eigenvalue weighted by Crippen LogP contribution is 2.21. The van der Waals surface area contributed by atoms with E-state index < -0.39 is 0 Å². The molecule has 2 heterocycles. The molecule has 148 valence electrons. The summed E-state index contributed by atoms with van der Waals surface area (Å²) in [6.07, 6.45) is 1.10. The molecule has 0 saturated heterocycles. The first-order chi connectivity index (χ1) is 13.5. The smallest absolute Gasteiger partial charge is 0.210 e. The average molecular weight is 398 g/mol. The van der Waals surface area contributed by atoms with Gasteiger partial charge in [-0.25, -0.2) is 4.68 Å². The Morgan fingerprint density at radius 1 is 1.18 bits per heavy atom. The van der Waals surface area contributed by atoms with Crippen LogP contribution in [0.4, 0.5) is 0 Å². The van der Waals surface area contributed by atoms with Gasteiger partial charge in [0.2, 0.25) is 5.16 Å². The summed E-state index contributed by atoms with van der Waals surface area (Å²) in [7, 11) is 0. The molecule has 0 bridgehead atoms. The number of thioether (sulfide) groups is 1. The Balaban J connectivity index is 1.65. The van der Waals surface area contributed by atoms with Gasteiger partial charge >= 0.3 is 0 Å². The molecule has 0 radical (unpaired) electrons. The van der Waals surface area contributed by atoms with Crippen molar-refractivity contribution in [3.63, 3.8) is 0 Å². The number of Topliss-reactive ketones (excluding diaryl/α,β-unsaturated/α-hetero) is 1. The van der Waals surface area contributed by atoms with Crippen LogP contribution in [-0.2, 0) is 13.1 Å². The maximum Gasteiger partial charge on any atom is 0.210 e. The number of ketones is 1. The summed E-state index contributed by atoms with van der Waals surface area (Å²) in [5.74, 6) is 1.08. The number of rotatable bonds is 9. The lowest BCUT2D eigenvalue weighted by atomic mass is 10.1. The van der Waals surface area contributed by atoms with Gasteiger partial charge in [-0.05, 0) is 48.2 Å². The Morgan fingerprint density at radius 2 is 1.93 bits per heavy atom. The zero-order chi connectivity index (χ0) is 20.1. The molecule has 0 aliphatic carbocycles. The highest BCUT2D eigenvalue weighted by Gasteiger charge is 2.17. The van der Waals surface area contributed by atoms with E-state index in [1.54, 1.807) is 4.68 Å². The molecule has 0 atom stereocenters. The van der Waals surface area contributed by atoms with E-state index in [2.05, 4.69) is 40.9 Å². The van der Waals surface area contributed by atoms with Gasteiger partial charge in [0, 0.05) is 23.5 Å². The third-order valence-electron chi connectivity index (χ3n) is 4.81. The number of aryl methyl sites for hydroxylation is 1. The summed E-state index contributed by atoms with van der Waals surface area (Å²) in [5.41, 5.74) is 4.11. The number of benzene rings is 1. The molecule has 0 saturated carbocycles. The summed E-state index contributed by atoms with van der Waals surface area (Å²) >= 11 is 1.39. The van der Waals surface area contributed by atoms with Gasteiger partial charge in [0.05, 0.1) is 12.3 Å². The number of hydrogen-bond acceptors (Lipinski definition) is 5. The van der Waals surface area contributed by atoms with E-state index in [0.29, 0.717) is 23.4 Å². The van der Waals surface area contributed by atoms with Crippen molar-refractivity contribution in [1.29, 1.82) is 0 Å². The standard InChI is InChI=1S/C21H27N5OS/c1-15(2)10-11-25-16(3)12-19(17(25)4)20(27)14-28-21-22-23-24-26(21)13-18-8-6-5-7-9-18/h5-9,12,15H,10-11,13-14H2,1-4H3. The van der Waals surface area contributed by atoms with Crippen LogP contribution < -0.4 is 0 Å². The van der Waals surface area contributed by atoms with Gasteiger partial charge in [-0.1, -0.05) is 55.9 Å². The number of carbonyl (C=O) groups is 1. The molecule has 1 aromatic carbocycles. The van der Waals surface area contributed by atoms with Crippen LogP contribution in [0.5, 0.6) is 0 Å². The van der Waals surface area contributed by atoms with Gasteiger partial charge in [0.1, 0.15) is 0 Å². The lowest BCUT2D eigenvalue weighted by Gasteiger charge is -2.11. The minimum Gasteiger partial charge on any atom is -0.348 e. The van der Waals surface area contributed by atoms with Crippen molar-refractivity contribution in [2.75, 3.05) is 5.75 Å². The van der Waals surface area contributed by atoms with Crippen LogP contribution in [-0.4, -0.2) is 36.3 Å². The highest BCUT2D eigenvalue weighted by atomic mass is 32.2. The van der Waals surface area contributed by atoms with E-state index in [4.69, 9.17) is 0 Å². The molecular formula is C21H27N5OS. The fourth-order valence-electron chi connectivity index (χ4n) is 3.18. The highest BCUT2D eigenvalue weighted by molar-refractivity contribution is 7.99. The molecule has 6 nitrogen and oxygen atoms in total. The van der Waals surface area contributed by atoms with Gasteiger partial charge in [-0.2, -0.15) is 0 Å². The largest absolute Gasteiger partial charge is 0.348 e. The van der Waals surface area contributed by atoms with Crippen molar-refractivity contribution < 1.29 is 4.79 Å². The minimum absolute atomic E-state index is 0.114. The van der Waals surface area contributed by atoms with Crippen LogP contribution >= 0.6 is 11.8 Å². The van der Waals surface area contributed by atoms with Gasteiger partial charge in [0.15, 0.2) is 5.78 Å². The van der Waals surface area contributed by atoms with Crippen molar-refractivity contribution in [3.05, 3.63) is 58.9 Å². The van der Waals surface area contributed by atoms with E-state index in [9.17, 15) is 4.79 Å². The molecule has 3 rings (SSSR count). The summed E-state index contributed by atoms with van der Waals surface area (Å²) in [4.78, 5) is 12.8. The van der Waals surface area contributed by atoms with Gasteiger partial charge in [0.25, 0.3) is 0 Å². The van der Waals surface area contributed by atoms with Crippen LogP contribution in [0.2, 0.25) is 0 Å². The predicted octanol–water partition coefficient (Wildman–Crippen LogP) is 4.16. The van der Waals surface area contributed by atoms with Crippen molar-refractivity contribution in [2.24, 2.45) is 5.92 Å². The van der Waals surface area contributed by atoms with Gasteiger partial charge in [-0.3, -0.25) is 4.79 Å². The topological polar surface area (TPSA) is 65.6 Å². The second-order valence-electron chi connectivity index (χ2n) is 7.44. The third-order valence-corrected chi connectivity index (χ3v) is 5.77. The van der Waals surface area contributed by atoms with Crippen molar-refractivity contribution in [2.45, 2.75) is 52.4 Å². The Hall–Kier alpha value is -2.41. The summed E-state index contributed by atoms with van der Waals surface area (Å²) in [6, 6.07) is 12.0. The van der Waals surface area contributed by atoms with Crippen molar-refractivity contribution in [1.82, 2.24) is 24.8 Å². The zero-order valence-electron chi connectivity index (χ0n) is 16.9. The number of aromatic nitrogens is 5. The molecule has 0 unspecified atom stereocenters. The quantitative estimate of drug-likeness (QED) is 0.401. The summed E-state index contributed by atoms with van der Waals surface area (Å²) in [6.45, 7) is 10.1. The number of nitrogens with zero attached hydrogens (tertiary/aromatic N) is 5. The molecule has 28 heavy (non-hydrogen) atoms. The Morgan fingerprint density at radius 3 is 2.64 bits per heavy atom. The molecule has 0 aliphatic heterocycles. The lowest BCUT2D eigenvalue weighted by molar-refractivity contribution is 0.102. The predicted molar refractivity (Wildman–Crippen MR) is 112 cm³/mol. The monoisotopic (exact) mass is 397 g/mol. The second-order valence-corrected chi connectivity index (χ2v) is 8.38. The Labute approximate surface area is 170 Å². The first-order valence-electron chi connectivity index (χ1n) is 9.58. The summed E-state index contributed by atoms with van der Waals surface area (Å²) in [5, 5.41) is 12.6. The molecule has 0 amide bonds. The maximum atomic E-state index is 12.8. The SMILES string of the molecule is Cc1cc(C(=O)CSc2nnnn2Cc2ccccc2)c(C)n1CCC(C)C. The first kappa shape index (κ1) is 20.3. The lowest BCUT2D eigenvalue weighted by Crippen LogP contribution is -2.09. The Bertz CT molecular complexity index is 930. The molecule has 3 aromatic rings. The average Bonchev–Trinajstić information content (AvgIpc) is 3.23. The van der Waals surface area contributed by atoms with E-state index in [1.807, 2.05) is 43.3 Å².